The van der Waals surface area contributed by atoms with Crippen LogP contribution in [0.1, 0.15) is 26.3 Å². The molecule has 0 atom stereocenters. The zero-order valence-corrected chi connectivity index (χ0v) is 14.1. The molecule has 4 aromatic rings. The third-order valence-corrected chi connectivity index (χ3v) is 5.39. The number of thiophene rings is 1. The predicted octanol–water partition coefficient (Wildman–Crippen LogP) is 5.61. The Balaban J connectivity index is 1.92. The van der Waals surface area contributed by atoms with Crippen molar-refractivity contribution in [1.29, 1.82) is 0 Å². The highest BCUT2D eigenvalue weighted by molar-refractivity contribution is 7.22. The van der Waals surface area contributed by atoms with Crippen molar-refractivity contribution >= 4 is 33.5 Å². The summed E-state index contributed by atoms with van der Waals surface area (Å²) < 4.78 is 1.09. The molecule has 2 nitrogen and oxygen atoms in total. The Morgan fingerprint density at radius 1 is 0.800 bits per heavy atom. The van der Waals surface area contributed by atoms with E-state index in [2.05, 4.69) is 0 Å². The van der Waals surface area contributed by atoms with Gasteiger partial charge < -0.3 is 0 Å². The molecule has 0 aliphatic rings. The summed E-state index contributed by atoms with van der Waals surface area (Å²) in [6.45, 7) is 0. The average Bonchev–Trinajstić information content (AvgIpc) is 3.08. The molecule has 120 valence electrons. The van der Waals surface area contributed by atoms with Crippen LogP contribution >= 0.6 is 11.3 Å². The minimum atomic E-state index is -0.0197. The highest BCUT2D eigenvalue weighted by Crippen LogP contribution is 2.39. The molecule has 0 fully saturated rings. The van der Waals surface area contributed by atoms with E-state index >= 15 is 0 Å². The van der Waals surface area contributed by atoms with Crippen molar-refractivity contribution in [3.8, 4) is 10.4 Å². The molecule has 1 aromatic heterocycles. The van der Waals surface area contributed by atoms with Crippen LogP contribution in [0.3, 0.4) is 0 Å². The van der Waals surface area contributed by atoms with Crippen molar-refractivity contribution in [2.45, 2.75) is 0 Å². The maximum atomic E-state index is 13.2. The average molecular weight is 342 g/mol. The molecule has 4 rings (SSSR count). The van der Waals surface area contributed by atoms with Gasteiger partial charge in [-0.3, -0.25) is 9.59 Å². The van der Waals surface area contributed by atoms with Crippen LogP contribution in [0.15, 0.2) is 78.9 Å². The van der Waals surface area contributed by atoms with Crippen LogP contribution < -0.4 is 0 Å². The number of carbonyl (C=O) groups excluding carboxylic acids is 2. The topological polar surface area (TPSA) is 34.1 Å². The lowest BCUT2D eigenvalue weighted by Crippen LogP contribution is -2.02. The minimum Gasteiger partial charge on any atom is -0.298 e. The molecule has 0 bridgehead atoms. The number of benzene rings is 3. The SMILES string of the molecule is O=Cc1ccc(C(=O)c2c(-c3ccccc3)sc3ccccc23)cc1. The number of carbonyl (C=O) groups is 2. The molecule has 0 spiro atoms. The van der Waals surface area contributed by atoms with Gasteiger partial charge in [0.05, 0.1) is 0 Å². The van der Waals surface area contributed by atoms with Crippen molar-refractivity contribution in [2.75, 3.05) is 0 Å². The monoisotopic (exact) mass is 342 g/mol. The fraction of sp³-hybridized carbons (Fsp3) is 0. The van der Waals surface area contributed by atoms with Gasteiger partial charge in [-0.2, -0.15) is 0 Å². The molecule has 0 saturated heterocycles. The van der Waals surface area contributed by atoms with Gasteiger partial charge in [0.2, 0.25) is 0 Å². The van der Waals surface area contributed by atoms with Crippen molar-refractivity contribution in [3.05, 3.63) is 95.6 Å². The van der Waals surface area contributed by atoms with Gasteiger partial charge in [-0.05, 0) is 11.6 Å². The van der Waals surface area contributed by atoms with Gasteiger partial charge in [-0.25, -0.2) is 0 Å². The zero-order chi connectivity index (χ0) is 17.2. The fourth-order valence-electron chi connectivity index (χ4n) is 2.92. The van der Waals surface area contributed by atoms with Gasteiger partial charge in [0.25, 0.3) is 0 Å². The lowest BCUT2D eigenvalue weighted by atomic mass is 9.97. The predicted molar refractivity (Wildman–Crippen MR) is 103 cm³/mol. The smallest absolute Gasteiger partial charge is 0.195 e. The molecule has 1 heterocycles. The van der Waals surface area contributed by atoms with Crippen molar-refractivity contribution in [2.24, 2.45) is 0 Å². The van der Waals surface area contributed by atoms with E-state index in [0.29, 0.717) is 11.1 Å². The van der Waals surface area contributed by atoms with E-state index in [9.17, 15) is 9.59 Å². The maximum absolute atomic E-state index is 13.2. The normalized spacial score (nSPS) is 10.7. The Hall–Kier alpha value is -3.04. The summed E-state index contributed by atoms with van der Waals surface area (Å²) in [5.41, 5.74) is 2.92. The first kappa shape index (κ1) is 15.5. The standard InChI is InChI=1S/C22H14O2S/c23-14-15-10-12-16(13-11-15)21(24)20-18-8-4-5-9-19(18)25-22(20)17-6-2-1-3-7-17/h1-14H. The van der Waals surface area contributed by atoms with Gasteiger partial charge in [-0.15, -0.1) is 11.3 Å². The van der Waals surface area contributed by atoms with Gasteiger partial charge in [0, 0.05) is 31.7 Å². The lowest BCUT2D eigenvalue weighted by molar-refractivity contribution is 0.103. The third kappa shape index (κ3) is 2.79. The van der Waals surface area contributed by atoms with Gasteiger partial charge in [0.1, 0.15) is 6.29 Å². The molecule has 0 aliphatic carbocycles. The van der Waals surface area contributed by atoms with Crippen LogP contribution in [-0.4, -0.2) is 12.1 Å². The molecule has 3 aromatic carbocycles. The molecule has 0 saturated carbocycles. The quantitative estimate of drug-likeness (QED) is 0.357. The molecule has 0 aliphatic heterocycles. The Kier molecular flexibility index (Phi) is 4.00. The number of rotatable bonds is 4. The zero-order valence-electron chi connectivity index (χ0n) is 13.3. The fourth-order valence-corrected chi connectivity index (χ4v) is 4.13. The van der Waals surface area contributed by atoms with Crippen molar-refractivity contribution in [3.63, 3.8) is 0 Å². The summed E-state index contributed by atoms with van der Waals surface area (Å²) in [6.07, 6.45) is 0.781. The third-order valence-electron chi connectivity index (χ3n) is 4.17. The van der Waals surface area contributed by atoms with E-state index in [1.54, 1.807) is 35.6 Å². The van der Waals surface area contributed by atoms with E-state index < -0.39 is 0 Å². The number of hydrogen-bond donors (Lipinski definition) is 0. The molecular weight excluding hydrogens is 328 g/mol. The van der Waals surface area contributed by atoms with Crippen LogP contribution in [0, 0.1) is 0 Å². The van der Waals surface area contributed by atoms with Crippen LogP contribution in [-0.2, 0) is 0 Å². The molecule has 0 N–H and O–H groups in total. The summed E-state index contributed by atoms with van der Waals surface area (Å²) >= 11 is 1.63. The van der Waals surface area contributed by atoms with E-state index in [0.717, 1.165) is 32.4 Å². The minimum absolute atomic E-state index is 0.0197. The lowest BCUT2D eigenvalue weighted by Gasteiger charge is -2.05. The van der Waals surface area contributed by atoms with Gasteiger partial charge in [0.15, 0.2) is 5.78 Å². The highest BCUT2D eigenvalue weighted by Gasteiger charge is 2.21. The van der Waals surface area contributed by atoms with E-state index in [-0.39, 0.29) is 5.78 Å². The first-order chi connectivity index (χ1) is 12.3. The number of aldehydes is 1. The summed E-state index contributed by atoms with van der Waals surface area (Å²) in [4.78, 5) is 25.1. The second kappa shape index (κ2) is 6.46. The molecule has 25 heavy (non-hydrogen) atoms. The Morgan fingerprint density at radius 2 is 1.48 bits per heavy atom. The van der Waals surface area contributed by atoms with Gasteiger partial charge >= 0.3 is 0 Å². The van der Waals surface area contributed by atoms with Crippen LogP contribution in [0.2, 0.25) is 0 Å². The first-order valence-corrected chi connectivity index (χ1v) is 8.76. The van der Waals surface area contributed by atoms with Crippen LogP contribution in [0.4, 0.5) is 0 Å². The number of ketones is 1. The molecular formula is C22H14O2S. The Labute approximate surface area is 149 Å². The summed E-state index contributed by atoms with van der Waals surface area (Å²) in [5.74, 6) is -0.0197. The molecule has 0 radical (unpaired) electrons. The maximum Gasteiger partial charge on any atom is 0.195 e. The summed E-state index contributed by atoms with van der Waals surface area (Å²) in [5, 5.41) is 0.968. The molecule has 0 unspecified atom stereocenters. The highest BCUT2D eigenvalue weighted by atomic mass is 32.1. The first-order valence-electron chi connectivity index (χ1n) is 7.95. The van der Waals surface area contributed by atoms with E-state index in [1.165, 1.54) is 0 Å². The van der Waals surface area contributed by atoms with Gasteiger partial charge in [-0.1, -0.05) is 72.8 Å². The number of fused-ring (bicyclic) bond motifs is 1. The largest absolute Gasteiger partial charge is 0.298 e. The number of hydrogen-bond acceptors (Lipinski definition) is 3. The second-order valence-electron chi connectivity index (χ2n) is 5.74. The second-order valence-corrected chi connectivity index (χ2v) is 6.79. The summed E-state index contributed by atoms with van der Waals surface area (Å²) in [6, 6.07) is 24.7. The molecule has 0 amide bonds. The van der Waals surface area contributed by atoms with Crippen LogP contribution in [0.25, 0.3) is 20.5 Å². The Bertz CT molecular complexity index is 1060. The van der Waals surface area contributed by atoms with E-state index in [4.69, 9.17) is 0 Å². The van der Waals surface area contributed by atoms with Crippen molar-refractivity contribution < 1.29 is 9.59 Å². The molecule has 3 heteroatoms. The van der Waals surface area contributed by atoms with Crippen LogP contribution in [0.5, 0.6) is 0 Å². The van der Waals surface area contributed by atoms with Crippen molar-refractivity contribution in [1.82, 2.24) is 0 Å². The Morgan fingerprint density at radius 3 is 2.20 bits per heavy atom. The van der Waals surface area contributed by atoms with E-state index in [1.807, 2.05) is 54.6 Å². The summed E-state index contributed by atoms with van der Waals surface area (Å²) in [7, 11) is 0.